The van der Waals surface area contributed by atoms with Crippen molar-refractivity contribution in [2.75, 3.05) is 0 Å². The van der Waals surface area contributed by atoms with Gasteiger partial charge in [0.1, 0.15) is 0 Å². The highest BCUT2D eigenvalue weighted by atomic mass is 35.5. The average Bonchev–Trinajstić information content (AvgIpc) is 3.03. The summed E-state index contributed by atoms with van der Waals surface area (Å²) in [5.74, 6) is -0.586. The maximum Gasteiger partial charge on any atom is 0.279 e. The molecule has 0 saturated carbocycles. The molecule has 4 rings (SSSR count). The minimum atomic E-state index is -4.64. The third-order valence-corrected chi connectivity index (χ3v) is 6.96. The Morgan fingerprint density at radius 2 is 1.79 bits per heavy atom. The van der Waals surface area contributed by atoms with Gasteiger partial charge in [0.05, 0.1) is 0 Å². The van der Waals surface area contributed by atoms with Gasteiger partial charge in [0, 0.05) is 16.1 Å². The van der Waals surface area contributed by atoms with Gasteiger partial charge in [-0.05, 0) is 50.9 Å². The zero-order valence-corrected chi connectivity index (χ0v) is 16.9. The molecule has 7 heteroatoms. The summed E-state index contributed by atoms with van der Waals surface area (Å²) in [5, 5.41) is 2.94. The topological polar surface area (TPSA) is 71.4 Å². The van der Waals surface area contributed by atoms with Crippen molar-refractivity contribution in [3.05, 3.63) is 82.2 Å². The molecular weight excluding hydrogens is 416 g/mol. The Hall–Kier alpha value is -2.25. The number of carbonyl (C=O) groups excluding carboxylic acids is 1. The summed E-state index contributed by atoms with van der Waals surface area (Å²) in [7, 11) is -4.64. The second-order valence-electron chi connectivity index (χ2n) is 6.55. The summed E-state index contributed by atoms with van der Waals surface area (Å²) in [6, 6.07) is 18.3. The van der Waals surface area contributed by atoms with Crippen LogP contribution in [-0.2, 0) is 21.3 Å². The van der Waals surface area contributed by atoms with E-state index in [4.69, 9.17) is 11.6 Å². The Morgan fingerprint density at radius 3 is 2.54 bits per heavy atom. The summed E-state index contributed by atoms with van der Waals surface area (Å²) in [5.41, 5.74) is 0.950. The number of Topliss-reactive ketones (excluding diaryl/α,β-unsaturated/α-hetero) is 1. The number of halogens is 1. The molecular formula is C21H15ClO4S2. The molecule has 3 aromatic carbocycles. The Balaban J connectivity index is 1.74. The highest BCUT2D eigenvalue weighted by Crippen LogP contribution is 2.36. The van der Waals surface area contributed by atoms with E-state index in [2.05, 4.69) is 0 Å². The number of hydrogen-bond acceptors (Lipinski definition) is 4. The van der Waals surface area contributed by atoms with Gasteiger partial charge in [-0.2, -0.15) is 8.42 Å². The smallest absolute Gasteiger partial charge is 0.279 e. The molecule has 0 saturated heterocycles. The summed E-state index contributed by atoms with van der Waals surface area (Å²) in [6.45, 7) is 0. The van der Waals surface area contributed by atoms with Crippen molar-refractivity contribution in [3.8, 4) is 0 Å². The van der Waals surface area contributed by atoms with E-state index < -0.39 is 21.2 Å². The normalized spacial score (nSPS) is 13.1. The van der Waals surface area contributed by atoms with Crippen molar-refractivity contribution in [3.63, 3.8) is 0 Å². The van der Waals surface area contributed by atoms with Gasteiger partial charge in [-0.1, -0.05) is 54.1 Å². The molecule has 1 unspecified atom stereocenters. The third kappa shape index (κ3) is 3.69. The van der Waals surface area contributed by atoms with E-state index in [-0.39, 0.29) is 12.0 Å². The Bertz CT molecular complexity index is 1310. The van der Waals surface area contributed by atoms with E-state index in [1.807, 2.05) is 36.4 Å². The van der Waals surface area contributed by atoms with E-state index in [0.29, 0.717) is 16.0 Å². The predicted octanol–water partition coefficient (Wildman–Crippen LogP) is 5.45. The largest absolute Gasteiger partial charge is 0.297 e. The third-order valence-electron chi connectivity index (χ3n) is 4.63. The van der Waals surface area contributed by atoms with E-state index in [1.54, 1.807) is 29.6 Å². The van der Waals surface area contributed by atoms with Gasteiger partial charge in [-0.25, -0.2) is 0 Å². The monoisotopic (exact) mass is 430 g/mol. The fourth-order valence-electron chi connectivity index (χ4n) is 3.37. The number of fused-ring (bicyclic) bond motifs is 2. The Labute approximate surface area is 171 Å². The van der Waals surface area contributed by atoms with Crippen LogP contribution in [0.1, 0.15) is 16.4 Å². The fraction of sp³-hybridized carbons (Fsp3) is 0.0952. The van der Waals surface area contributed by atoms with E-state index in [1.165, 1.54) is 11.3 Å². The minimum absolute atomic E-state index is 0.104. The molecule has 0 radical (unpaired) electrons. The van der Waals surface area contributed by atoms with Gasteiger partial charge in [-0.15, -0.1) is 11.3 Å². The van der Waals surface area contributed by atoms with Gasteiger partial charge < -0.3 is 0 Å². The molecule has 1 N–H and O–H groups in total. The average molecular weight is 431 g/mol. The van der Waals surface area contributed by atoms with Crippen LogP contribution in [0, 0.1) is 0 Å². The van der Waals surface area contributed by atoms with Crippen LogP contribution in [0.15, 0.2) is 66.0 Å². The molecule has 0 spiro atoms. The van der Waals surface area contributed by atoms with Crippen LogP contribution >= 0.6 is 22.9 Å². The molecule has 1 heterocycles. The first-order valence-electron chi connectivity index (χ1n) is 8.46. The van der Waals surface area contributed by atoms with Gasteiger partial charge in [0.25, 0.3) is 10.1 Å². The maximum absolute atomic E-state index is 13.0. The van der Waals surface area contributed by atoms with Gasteiger partial charge in [-0.3, -0.25) is 9.35 Å². The summed E-state index contributed by atoms with van der Waals surface area (Å²) >= 11 is 7.35. The second-order valence-corrected chi connectivity index (χ2v) is 9.40. The molecule has 4 nitrogen and oxygen atoms in total. The molecule has 0 aliphatic rings. The molecule has 142 valence electrons. The van der Waals surface area contributed by atoms with Crippen molar-refractivity contribution in [1.82, 2.24) is 0 Å². The zero-order valence-electron chi connectivity index (χ0n) is 14.5. The van der Waals surface area contributed by atoms with Crippen molar-refractivity contribution >= 4 is 59.7 Å². The van der Waals surface area contributed by atoms with Crippen molar-refractivity contribution < 1.29 is 17.8 Å². The van der Waals surface area contributed by atoms with E-state index >= 15 is 0 Å². The zero-order chi connectivity index (χ0) is 19.9. The quantitative estimate of drug-likeness (QED) is 0.427. The number of benzene rings is 3. The van der Waals surface area contributed by atoms with Crippen molar-refractivity contribution in [2.24, 2.45) is 0 Å². The predicted molar refractivity (Wildman–Crippen MR) is 114 cm³/mol. The first-order chi connectivity index (χ1) is 13.3. The SMILES string of the molecule is O=C(Cc1ccc2ccccc2c1)C(c1csc2ccc(Cl)cc12)S(=O)(=O)O. The lowest BCUT2D eigenvalue weighted by atomic mass is 9.99. The first kappa shape index (κ1) is 19.1. The Morgan fingerprint density at radius 1 is 1.04 bits per heavy atom. The lowest BCUT2D eigenvalue weighted by Crippen LogP contribution is -2.23. The summed E-state index contributed by atoms with van der Waals surface area (Å²) < 4.78 is 34.8. The standard InChI is InChI=1S/C21H15ClO4S2/c22-16-7-8-20-17(11-16)18(12-27-20)21(28(24,25)26)19(23)10-13-5-6-14-3-1-2-4-15(14)9-13/h1-9,11-12,21H,10H2,(H,24,25,26). The molecule has 0 fully saturated rings. The van der Waals surface area contributed by atoms with Crippen LogP contribution in [0.25, 0.3) is 20.9 Å². The molecule has 0 bridgehead atoms. The lowest BCUT2D eigenvalue weighted by molar-refractivity contribution is -0.118. The van der Waals surface area contributed by atoms with Crippen LogP contribution in [0.4, 0.5) is 0 Å². The van der Waals surface area contributed by atoms with Crippen LogP contribution in [-0.4, -0.2) is 18.8 Å². The van der Waals surface area contributed by atoms with Crippen LogP contribution in [0.2, 0.25) is 5.02 Å². The molecule has 28 heavy (non-hydrogen) atoms. The number of ketones is 1. The number of carbonyl (C=O) groups is 1. The first-order valence-corrected chi connectivity index (χ1v) is 11.2. The minimum Gasteiger partial charge on any atom is -0.297 e. The van der Waals surface area contributed by atoms with Crippen molar-refractivity contribution in [1.29, 1.82) is 0 Å². The number of thiophene rings is 1. The molecule has 1 atom stereocenters. The van der Waals surface area contributed by atoms with Gasteiger partial charge in [0.2, 0.25) is 0 Å². The van der Waals surface area contributed by atoms with Crippen LogP contribution < -0.4 is 0 Å². The highest BCUT2D eigenvalue weighted by Gasteiger charge is 2.34. The second kappa shape index (κ2) is 7.29. The van der Waals surface area contributed by atoms with E-state index in [0.717, 1.165) is 15.5 Å². The van der Waals surface area contributed by atoms with Gasteiger partial charge in [0.15, 0.2) is 11.0 Å². The molecule has 0 aliphatic carbocycles. The fourth-order valence-corrected chi connectivity index (χ4v) is 5.52. The molecule has 0 amide bonds. The number of hydrogen-bond donors (Lipinski definition) is 1. The lowest BCUT2D eigenvalue weighted by Gasteiger charge is -2.13. The molecule has 1 aromatic heterocycles. The van der Waals surface area contributed by atoms with Crippen LogP contribution in [0.3, 0.4) is 0 Å². The van der Waals surface area contributed by atoms with Crippen molar-refractivity contribution in [2.45, 2.75) is 11.7 Å². The number of rotatable bonds is 5. The maximum atomic E-state index is 13.0. The summed E-state index contributed by atoms with van der Waals surface area (Å²) in [6.07, 6.45) is -0.104. The highest BCUT2D eigenvalue weighted by molar-refractivity contribution is 7.86. The van der Waals surface area contributed by atoms with Crippen LogP contribution in [0.5, 0.6) is 0 Å². The summed E-state index contributed by atoms with van der Waals surface area (Å²) in [4.78, 5) is 13.0. The molecule has 4 aromatic rings. The molecule has 0 aliphatic heterocycles. The van der Waals surface area contributed by atoms with Gasteiger partial charge >= 0.3 is 0 Å². The van der Waals surface area contributed by atoms with E-state index in [9.17, 15) is 17.8 Å². The Kier molecular flexibility index (Phi) is 4.97.